The average molecular weight is 366 g/mol. The summed E-state index contributed by atoms with van der Waals surface area (Å²) in [5.74, 6) is 0.0348. The number of halogens is 1. The van der Waals surface area contributed by atoms with Gasteiger partial charge in [-0.25, -0.2) is 0 Å². The van der Waals surface area contributed by atoms with Crippen LogP contribution in [-0.4, -0.2) is 37.4 Å². The number of nitrogens with one attached hydrogen (secondary N) is 1. The molecule has 6 nitrogen and oxygen atoms in total. The van der Waals surface area contributed by atoms with Crippen LogP contribution in [0.5, 0.6) is 0 Å². The number of thioether (sulfide) groups is 1. The highest BCUT2D eigenvalue weighted by atomic mass is 35.5. The van der Waals surface area contributed by atoms with Crippen molar-refractivity contribution in [1.29, 1.82) is 0 Å². The van der Waals surface area contributed by atoms with Gasteiger partial charge in [0.1, 0.15) is 0 Å². The summed E-state index contributed by atoms with van der Waals surface area (Å²) in [5, 5.41) is 15.8. The van der Waals surface area contributed by atoms with Crippen LogP contribution in [0.4, 0.5) is 0 Å². The van der Waals surface area contributed by atoms with Gasteiger partial charge in [-0.3, -0.25) is 4.79 Å². The average Bonchev–Trinajstić information content (AvgIpc) is 3.04. The summed E-state index contributed by atoms with van der Waals surface area (Å²) in [6.45, 7) is 1.87. The van der Waals surface area contributed by atoms with E-state index in [2.05, 4.69) is 20.8 Å². The molecule has 1 aliphatic carbocycles. The second kappa shape index (κ2) is 7.98. The second-order valence-corrected chi connectivity index (χ2v) is 7.70. The fourth-order valence-electron chi connectivity index (χ4n) is 2.80. The molecule has 0 saturated heterocycles. The predicted octanol–water partition coefficient (Wildman–Crippen LogP) is 3.25. The van der Waals surface area contributed by atoms with Crippen molar-refractivity contribution in [2.24, 2.45) is 0 Å². The first-order chi connectivity index (χ1) is 11.6. The third kappa shape index (κ3) is 4.27. The van der Waals surface area contributed by atoms with Gasteiger partial charge in [0, 0.05) is 11.1 Å². The molecule has 0 aliphatic heterocycles. The number of carbonyl (C=O) groups is 1. The molecule has 0 bridgehead atoms. The van der Waals surface area contributed by atoms with Crippen molar-refractivity contribution in [3.05, 3.63) is 29.3 Å². The molecule has 1 heterocycles. The number of rotatable bonds is 5. The maximum Gasteiger partial charge on any atom is 0.233 e. The lowest BCUT2D eigenvalue weighted by molar-refractivity contribution is -0.121. The van der Waals surface area contributed by atoms with E-state index in [0.717, 1.165) is 18.5 Å². The standard InChI is InChI=1S/C16H20ClN5OS/c1-11(15(23)18-13-7-3-2-4-8-13)24-16-19-20-21-22(16)14-9-5-6-12(17)10-14/h5-6,9-11,13H,2-4,7-8H2,1H3,(H,18,23)/t11-/m0/s1. The largest absolute Gasteiger partial charge is 0.352 e. The lowest BCUT2D eigenvalue weighted by atomic mass is 9.95. The maximum atomic E-state index is 12.4. The number of tetrazole rings is 1. The molecule has 8 heteroatoms. The summed E-state index contributed by atoms with van der Waals surface area (Å²) in [7, 11) is 0. The van der Waals surface area contributed by atoms with E-state index in [1.54, 1.807) is 16.8 Å². The van der Waals surface area contributed by atoms with Gasteiger partial charge in [0.25, 0.3) is 0 Å². The summed E-state index contributed by atoms with van der Waals surface area (Å²) >= 11 is 7.37. The van der Waals surface area contributed by atoms with Gasteiger partial charge in [-0.15, -0.1) is 5.10 Å². The van der Waals surface area contributed by atoms with Gasteiger partial charge in [0.05, 0.1) is 10.9 Å². The van der Waals surface area contributed by atoms with Crippen LogP contribution in [0, 0.1) is 0 Å². The molecule has 24 heavy (non-hydrogen) atoms. The molecule has 1 fully saturated rings. The van der Waals surface area contributed by atoms with Crippen LogP contribution in [0.2, 0.25) is 5.02 Å². The molecule has 1 saturated carbocycles. The fourth-order valence-corrected chi connectivity index (χ4v) is 3.80. The zero-order valence-corrected chi connectivity index (χ0v) is 15.1. The van der Waals surface area contributed by atoms with Crippen molar-refractivity contribution in [1.82, 2.24) is 25.5 Å². The number of hydrogen-bond acceptors (Lipinski definition) is 5. The highest BCUT2D eigenvalue weighted by Crippen LogP contribution is 2.25. The van der Waals surface area contributed by atoms with Gasteiger partial charge >= 0.3 is 0 Å². The molecule has 1 aliphatic rings. The third-order valence-corrected chi connectivity index (χ3v) is 5.36. The minimum atomic E-state index is -0.268. The minimum absolute atomic E-state index is 0.0348. The lowest BCUT2D eigenvalue weighted by Crippen LogP contribution is -2.40. The molecular weight excluding hydrogens is 346 g/mol. The number of amides is 1. The van der Waals surface area contributed by atoms with Crippen LogP contribution in [0.3, 0.4) is 0 Å². The van der Waals surface area contributed by atoms with Crippen LogP contribution in [0.25, 0.3) is 5.69 Å². The van der Waals surface area contributed by atoms with Crippen molar-refractivity contribution < 1.29 is 4.79 Å². The van der Waals surface area contributed by atoms with E-state index >= 15 is 0 Å². The zero-order valence-electron chi connectivity index (χ0n) is 13.5. The molecule has 128 valence electrons. The van der Waals surface area contributed by atoms with E-state index in [1.807, 2.05) is 19.1 Å². The summed E-state index contributed by atoms with van der Waals surface area (Å²) in [6.07, 6.45) is 5.80. The Morgan fingerprint density at radius 2 is 2.17 bits per heavy atom. The van der Waals surface area contributed by atoms with Crippen molar-refractivity contribution in [3.63, 3.8) is 0 Å². The lowest BCUT2D eigenvalue weighted by Gasteiger charge is -2.24. The molecule has 0 spiro atoms. The number of benzene rings is 1. The number of aromatic nitrogens is 4. The number of nitrogens with zero attached hydrogens (tertiary/aromatic N) is 4. The molecule has 2 aromatic rings. The molecular formula is C16H20ClN5OS. The van der Waals surface area contributed by atoms with E-state index in [4.69, 9.17) is 11.6 Å². The molecule has 1 amide bonds. The molecule has 1 aromatic heterocycles. The Hall–Kier alpha value is -1.60. The fraction of sp³-hybridized carbons (Fsp3) is 0.500. The van der Waals surface area contributed by atoms with Crippen LogP contribution in [0.1, 0.15) is 39.0 Å². The summed E-state index contributed by atoms with van der Waals surface area (Å²) in [4.78, 5) is 12.4. The Kier molecular flexibility index (Phi) is 5.73. The minimum Gasteiger partial charge on any atom is -0.352 e. The third-order valence-electron chi connectivity index (χ3n) is 4.10. The van der Waals surface area contributed by atoms with Crippen molar-refractivity contribution in [3.8, 4) is 5.69 Å². The smallest absolute Gasteiger partial charge is 0.233 e. The monoisotopic (exact) mass is 365 g/mol. The van der Waals surface area contributed by atoms with E-state index in [-0.39, 0.29) is 11.2 Å². The van der Waals surface area contributed by atoms with Gasteiger partial charge < -0.3 is 5.32 Å². The molecule has 1 N–H and O–H groups in total. The van der Waals surface area contributed by atoms with E-state index in [1.165, 1.54) is 31.0 Å². The first kappa shape index (κ1) is 17.2. The highest BCUT2D eigenvalue weighted by molar-refractivity contribution is 8.00. The van der Waals surface area contributed by atoms with E-state index in [0.29, 0.717) is 16.2 Å². The maximum absolute atomic E-state index is 12.4. The van der Waals surface area contributed by atoms with Gasteiger partial charge in [-0.2, -0.15) is 4.68 Å². The van der Waals surface area contributed by atoms with Gasteiger partial charge in [0.2, 0.25) is 11.1 Å². The first-order valence-electron chi connectivity index (χ1n) is 8.15. The quantitative estimate of drug-likeness (QED) is 0.823. The van der Waals surface area contributed by atoms with Crippen molar-refractivity contribution >= 4 is 29.3 Å². The van der Waals surface area contributed by atoms with Gasteiger partial charge in [0.15, 0.2) is 0 Å². The molecule has 0 radical (unpaired) electrons. The Morgan fingerprint density at radius 1 is 1.38 bits per heavy atom. The van der Waals surface area contributed by atoms with Crippen molar-refractivity contribution in [2.75, 3.05) is 0 Å². The first-order valence-corrected chi connectivity index (χ1v) is 9.40. The molecule has 1 atom stereocenters. The summed E-state index contributed by atoms with van der Waals surface area (Å²) in [5.41, 5.74) is 0.773. The van der Waals surface area contributed by atoms with Crippen LogP contribution < -0.4 is 5.32 Å². The van der Waals surface area contributed by atoms with Gasteiger partial charge in [-0.05, 0) is 48.4 Å². The van der Waals surface area contributed by atoms with Crippen molar-refractivity contribution in [2.45, 2.75) is 55.5 Å². The van der Waals surface area contributed by atoms with Crippen LogP contribution in [-0.2, 0) is 4.79 Å². The van der Waals surface area contributed by atoms with Gasteiger partial charge in [-0.1, -0.05) is 48.7 Å². The molecule has 0 unspecified atom stereocenters. The molecule has 3 rings (SSSR count). The predicted molar refractivity (Wildman–Crippen MR) is 94.5 cm³/mol. The normalized spacial score (nSPS) is 16.8. The molecule has 1 aromatic carbocycles. The van der Waals surface area contributed by atoms with E-state index < -0.39 is 0 Å². The summed E-state index contributed by atoms with van der Waals surface area (Å²) in [6, 6.07) is 7.60. The Balaban J connectivity index is 1.65. The Labute approximate surface area is 150 Å². The van der Waals surface area contributed by atoms with Crippen LogP contribution in [0.15, 0.2) is 29.4 Å². The number of carbonyl (C=O) groups excluding carboxylic acids is 1. The topological polar surface area (TPSA) is 72.7 Å². The Morgan fingerprint density at radius 3 is 2.92 bits per heavy atom. The van der Waals surface area contributed by atoms with E-state index in [9.17, 15) is 4.79 Å². The Bertz CT molecular complexity index is 701. The van der Waals surface area contributed by atoms with Crippen LogP contribution >= 0.6 is 23.4 Å². The summed E-state index contributed by atoms with van der Waals surface area (Å²) < 4.78 is 1.60. The highest BCUT2D eigenvalue weighted by Gasteiger charge is 2.22. The number of hydrogen-bond donors (Lipinski definition) is 1. The zero-order chi connectivity index (χ0) is 16.9. The second-order valence-electron chi connectivity index (χ2n) is 5.96. The SMILES string of the molecule is C[C@H](Sc1nnnn1-c1cccc(Cl)c1)C(=O)NC1CCCCC1.